The molecule has 0 fully saturated rings. The van der Waals surface area contributed by atoms with Crippen molar-refractivity contribution in [1.82, 2.24) is 0 Å². The van der Waals surface area contributed by atoms with E-state index in [4.69, 9.17) is 5.11 Å². The van der Waals surface area contributed by atoms with E-state index >= 15 is 0 Å². The normalized spacial score (nSPS) is 24.8. The fraction of sp³-hybridized carbons (Fsp3) is 0.727. The van der Waals surface area contributed by atoms with Crippen LogP contribution in [0, 0.1) is 11.3 Å². The van der Waals surface area contributed by atoms with Crippen LogP contribution in [-0.4, -0.2) is 27.2 Å². The lowest BCUT2D eigenvalue weighted by molar-refractivity contribution is -0.118. The number of ketones is 1. The third kappa shape index (κ3) is 2.72. The predicted molar refractivity (Wildman–Crippen MR) is 55.5 cm³/mol. The first-order chi connectivity index (χ1) is 6.72. The van der Waals surface area contributed by atoms with E-state index in [1.807, 2.05) is 20.8 Å². The molecule has 0 heterocycles. The number of hydrogen-bond donors (Lipinski definition) is 3. The zero-order valence-corrected chi connectivity index (χ0v) is 9.32. The van der Waals surface area contributed by atoms with E-state index in [1.165, 1.54) is 0 Å². The Labute approximate surface area is 89.2 Å². The summed E-state index contributed by atoms with van der Waals surface area (Å²) in [5, 5.41) is 28.4. The van der Waals surface area contributed by atoms with Gasteiger partial charge in [-0.15, -0.1) is 0 Å². The van der Waals surface area contributed by atoms with Gasteiger partial charge in [0, 0.05) is 6.42 Å². The van der Waals surface area contributed by atoms with Gasteiger partial charge >= 0.3 is 0 Å². The predicted octanol–water partition coefficient (Wildman–Crippen LogP) is 1.70. The van der Waals surface area contributed by atoms with Gasteiger partial charge < -0.3 is 15.3 Å². The minimum atomic E-state index is -0.793. The van der Waals surface area contributed by atoms with Crippen molar-refractivity contribution in [3.05, 3.63) is 11.5 Å². The summed E-state index contributed by atoms with van der Waals surface area (Å²) in [6, 6.07) is 0. The van der Waals surface area contributed by atoms with Crippen molar-refractivity contribution in [3.63, 3.8) is 0 Å². The molecule has 0 radical (unpaired) electrons. The lowest BCUT2D eigenvalue weighted by Gasteiger charge is -2.25. The van der Waals surface area contributed by atoms with E-state index in [1.54, 1.807) is 0 Å². The van der Waals surface area contributed by atoms with Crippen molar-refractivity contribution in [2.24, 2.45) is 11.3 Å². The van der Waals surface area contributed by atoms with Crippen LogP contribution in [0.3, 0.4) is 0 Å². The Bertz CT molecular complexity index is 298. The molecule has 1 aliphatic carbocycles. The SMILES string of the molecule is CC(C)(C)CC(O)C1CC(=O)C(O)=C1O. The molecule has 0 aromatic rings. The Hall–Kier alpha value is -1.03. The second kappa shape index (κ2) is 3.85. The molecule has 86 valence electrons. The summed E-state index contributed by atoms with van der Waals surface area (Å²) < 4.78 is 0. The molecule has 0 bridgehead atoms. The van der Waals surface area contributed by atoms with Crippen LogP contribution >= 0.6 is 0 Å². The highest BCUT2D eigenvalue weighted by Gasteiger charge is 2.38. The second-order valence-corrected chi connectivity index (χ2v) is 5.30. The fourth-order valence-electron chi connectivity index (χ4n) is 1.80. The fourth-order valence-corrected chi connectivity index (χ4v) is 1.80. The molecular weight excluding hydrogens is 196 g/mol. The van der Waals surface area contributed by atoms with Crippen LogP contribution in [0.15, 0.2) is 11.5 Å². The number of carbonyl (C=O) groups is 1. The van der Waals surface area contributed by atoms with Crippen LogP contribution in [0.2, 0.25) is 0 Å². The lowest BCUT2D eigenvalue weighted by atomic mass is 9.84. The first-order valence-corrected chi connectivity index (χ1v) is 5.06. The van der Waals surface area contributed by atoms with E-state index in [9.17, 15) is 15.0 Å². The van der Waals surface area contributed by atoms with Gasteiger partial charge in [-0.05, 0) is 11.8 Å². The van der Waals surface area contributed by atoms with Crippen molar-refractivity contribution >= 4 is 5.78 Å². The highest BCUT2D eigenvalue weighted by Crippen LogP contribution is 2.33. The van der Waals surface area contributed by atoms with Crippen molar-refractivity contribution in [1.29, 1.82) is 0 Å². The summed E-state index contributed by atoms with van der Waals surface area (Å²) in [4.78, 5) is 11.1. The molecule has 0 saturated carbocycles. The number of hydrogen-bond acceptors (Lipinski definition) is 4. The zero-order chi connectivity index (χ0) is 11.8. The van der Waals surface area contributed by atoms with Crippen molar-refractivity contribution in [2.75, 3.05) is 0 Å². The lowest BCUT2D eigenvalue weighted by Crippen LogP contribution is -2.26. The Balaban J connectivity index is 2.72. The summed E-state index contributed by atoms with van der Waals surface area (Å²) in [6.45, 7) is 5.90. The van der Waals surface area contributed by atoms with Crippen LogP contribution in [0.5, 0.6) is 0 Å². The molecule has 3 N–H and O–H groups in total. The third-order valence-corrected chi connectivity index (χ3v) is 2.55. The quantitative estimate of drug-likeness (QED) is 0.653. The van der Waals surface area contributed by atoms with Gasteiger partial charge in [0.2, 0.25) is 5.78 Å². The minimum Gasteiger partial charge on any atom is -0.508 e. The minimum absolute atomic E-state index is 0.00505. The average molecular weight is 214 g/mol. The molecule has 0 aliphatic heterocycles. The van der Waals surface area contributed by atoms with E-state index < -0.39 is 23.6 Å². The van der Waals surface area contributed by atoms with Gasteiger partial charge in [-0.2, -0.15) is 0 Å². The third-order valence-electron chi connectivity index (χ3n) is 2.55. The molecular formula is C11H18O4. The molecule has 4 nitrogen and oxygen atoms in total. The Morgan fingerprint density at radius 2 is 1.93 bits per heavy atom. The van der Waals surface area contributed by atoms with E-state index in [0.29, 0.717) is 6.42 Å². The Kier molecular flexibility index (Phi) is 3.09. The number of allylic oxidation sites excluding steroid dienone is 1. The largest absolute Gasteiger partial charge is 0.508 e. The van der Waals surface area contributed by atoms with Crippen LogP contribution in [0.25, 0.3) is 0 Å². The summed E-state index contributed by atoms with van der Waals surface area (Å²) >= 11 is 0. The van der Waals surface area contributed by atoms with Gasteiger partial charge in [-0.1, -0.05) is 20.8 Å². The van der Waals surface area contributed by atoms with E-state index in [0.717, 1.165) is 0 Å². The van der Waals surface area contributed by atoms with Crippen molar-refractivity contribution in [2.45, 2.75) is 39.7 Å². The van der Waals surface area contributed by atoms with E-state index in [-0.39, 0.29) is 17.6 Å². The van der Waals surface area contributed by atoms with Gasteiger partial charge in [-0.25, -0.2) is 0 Å². The van der Waals surface area contributed by atoms with Crippen LogP contribution in [0.4, 0.5) is 0 Å². The molecule has 1 aliphatic rings. The smallest absolute Gasteiger partial charge is 0.201 e. The maximum absolute atomic E-state index is 11.1. The van der Waals surface area contributed by atoms with Gasteiger partial charge in [0.15, 0.2) is 5.76 Å². The zero-order valence-electron chi connectivity index (χ0n) is 9.32. The summed E-state index contributed by atoms with van der Waals surface area (Å²) in [5.74, 6) is -2.09. The number of aliphatic hydroxyl groups is 3. The molecule has 1 rings (SSSR count). The molecule has 0 saturated heterocycles. The molecule has 0 aromatic carbocycles. The first-order valence-electron chi connectivity index (χ1n) is 5.06. The number of Topliss-reactive ketones (excluding diaryl/α,β-unsaturated/α-hetero) is 1. The first kappa shape index (κ1) is 12.0. The maximum Gasteiger partial charge on any atom is 0.201 e. The van der Waals surface area contributed by atoms with Gasteiger partial charge in [0.05, 0.1) is 12.0 Å². The van der Waals surface area contributed by atoms with Crippen LogP contribution in [-0.2, 0) is 4.79 Å². The summed E-state index contributed by atoms with van der Waals surface area (Å²) in [7, 11) is 0. The molecule has 2 unspecified atom stereocenters. The second-order valence-electron chi connectivity index (χ2n) is 5.30. The van der Waals surface area contributed by atoms with E-state index in [2.05, 4.69) is 0 Å². The van der Waals surface area contributed by atoms with Gasteiger partial charge in [0.25, 0.3) is 0 Å². The summed E-state index contributed by atoms with van der Waals surface area (Å²) in [5.41, 5.74) is -0.0824. The van der Waals surface area contributed by atoms with Crippen molar-refractivity contribution in [3.8, 4) is 0 Å². The molecule has 0 aromatic heterocycles. The maximum atomic E-state index is 11.1. The number of rotatable bonds is 2. The summed E-state index contributed by atoms with van der Waals surface area (Å²) in [6.07, 6.45) is -0.324. The average Bonchev–Trinajstić information content (AvgIpc) is 2.30. The molecule has 15 heavy (non-hydrogen) atoms. The topological polar surface area (TPSA) is 77.8 Å². The van der Waals surface area contributed by atoms with Gasteiger partial charge in [0.1, 0.15) is 5.76 Å². The molecule has 0 amide bonds. The standard InChI is InChI=1S/C11H18O4/c1-11(2,3)5-8(13)6-4-7(12)10(15)9(6)14/h6,8,13-15H,4-5H2,1-3H3. The monoisotopic (exact) mass is 214 g/mol. The highest BCUT2D eigenvalue weighted by molar-refractivity contribution is 5.96. The Morgan fingerprint density at radius 1 is 1.40 bits per heavy atom. The number of aliphatic hydroxyl groups excluding tert-OH is 3. The van der Waals surface area contributed by atoms with Gasteiger partial charge in [-0.3, -0.25) is 4.79 Å². The molecule has 2 atom stereocenters. The Morgan fingerprint density at radius 3 is 2.27 bits per heavy atom. The molecule has 4 heteroatoms. The van der Waals surface area contributed by atoms with Crippen molar-refractivity contribution < 1.29 is 20.1 Å². The van der Waals surface area contributed by atoms with Crippen LogP contribution < -0.4 is 0 Å². The highest BCUT2D eigenvalue weighted by atomic mass is 16.3. The number of carbonyl (C=O) groups excluding carboxylic acids is 1. The molecule has 0 spiro atoms. The van der Waals surface area contributed by atoms with Crippen LogP contribution in [0.1, 0.15) is 33.6 Å².